The second-order valence-corrected chi connectivity index (χ2v) is 6.39. The third kappa shape index (κ3) is 3.80. The van der Waals surface area contributed by atoms with Crippen LogP contribution in [0.3, 0.4) is 0 Å². The summed E-state index contributed by atoms with van der Waals surface area (Å²) in [6.45, 7) is 4.64. The van der Waals surface area contributed by atoms with Crippen molar-refractivity contribution in [2.24, 2.45) is 11.8 Å². The van der Waals surface area contributed by atoms with Crippen molar-refractivity contribution < 1.29 is 27.9 Å². The van der Waals surface area contributed by atoms with E-state index in [1.165, 1.54) is 6.07 Å². The zero-order valence-corrected chi connectivity index (χ0v) is 14.4. The molecule has 0 aliphatic carbocycles. The Morgan fingerprint density at radius 1 is 1.32 bits per heavy atom. The Morgan fingerprint density at radius 2 is 1.92 bits per heavy atom. The lowest BCUT2D eigenvalue weighted by molar-refractivity contribution is -0.187. The number of likely N-dealkylation sites (tertiary alicyclic amines) is 1. The lowest BCUT2D eigenvalue weighted by Crippen LogP contribution is -2.34. The van der Waals surface area contributed by atoms with E-state index in [1.807, 2.05) is 13.8 Å². The molecule has 1 N–H and O–H groups in total. The minimum absolute atomic E-state index is 0.0522. The number of halogens is 3. The average molecular weight is 361 g/mol. The molecule has 25 heavy (non-hydrogen) atoms. The van der Waals surface area contributed by atoms with E-state index in [0.717, 1.165) is 23.4 Å². The topological polar surface area (TPSA) is 75.4 Å². The van der Waals surface area contributed by atoms with Crippen LogP contribution in [0.4, 0.5) is 13.2 Å². The number of aromatic nitrogens is 2. The molecule has 1 amide bonds. The number of hydrogen-bond donors (Lipinski definition) is 1. The van der Waals surface area contributed by atoms with E-state index in [9.17, 15) is 22.8 Å². The number of nitrogens with zero attached hydrogens (tertiary/aromatic N) is 3. The van der Waals surface area contributed by atoms with E-state index in [1.54, 1.807) is 11.6 Å². The molecule has 1 aliphatic heterocycles. The van der Waals surface area contributed by atoms with Gasteiger partial charge in [0.25, 0.3) is 5.91 Å². The molecule has 0 unspecified atom stereocenters. The fraction of sp³-hybridized carbons (Fsp3) is 0.688. The number of rotatable bonds is 5. The van der Waals surface area contributed by atoms with Gasteiger partial charge < -0.3 is 10.0 Å². The van der Waals surface area contributed by atoms with Crippen LogP contribution in [-0.2, 0) is 4.79 Å². The van der Waals surface area contributed by atoms with Crippen LogP contribution in [0.1, 0.15) is 48.9 Å². The standard InChI is InChI=1S/C16H22F3N3O3/c1-4-10(5-2)22-9(3)6-13(20-22)14(23)21-7-11(15(24)25)12(8-21)16(17,18)19/h6,10-12H,4-5,7-8H2,1-3H3,(H,24,25)/t11-,12-/m1/s1. The van der Waals surface area contributed by atoms with E-state index in [0.29, 0.717) is 0 Å². The van der Waals surface area contributed by atoms with Crippen LogP contribution in [0.25, 0.3) is 0 Å². The summed E-state index contributed by atoms with van der Waals surface area (Å²) < 4.78 is 40.9. The molecule has 2 heterocycles. The molecule has 0 aromatic carbocycles. The van der Waals surface area contributed by atoms with Gasteiger partial charge in [0.1, 0.15) is 0 Å². The number of aryl methyl sites for hydroxylation is 1. The summed E-state index contributed by atoms with van der Waals surface area (Å²) in [6.07, 6.45) is -3.04. The molecular formula is C16H22F3N3O3. The smallest absolute Gasteiger partial charge is 0.394 e. The van der Waals surface area contributed by atoms with Crippen molar-refractivity contribution in [3.63, 3.8) is 0 Å². The van der Waals surface area contributed by atoms with Gasteiger partial charge in [0.15, 0.2) is 5.69 Å². The van der Waals surface area contributed by atoms with Gasteiger partial charge in [-0.2, -0.15) is 18.3 Å². The second kappa shape index (κ2) is 7.05. The molecule has 1 aliphatic rings. The Balaban J connectivity index is 2.24. The number of carbonyl (C=O) groups excluding carboxylic acids is 1. The van der Waals surface area contributed by atoms with Gasteiger partial charge in [0.05, 0.1) is 17.9 Å². The summed E-state index contributed by atoms with van der Waals surface area (Å²) in [5, 5.41) is 13.3. The van der Waals surface area contributed by atoms with Crippen LogP contribution >= 0.6 is 0 Å². The van der Waals surface area contributed by atoms with Crippen LogP contribution in [0, 0.1) is 18.8 Å². The fourth-order valence-electron chi connectivity index (χ4n) is 3.31. The zero-order chi connectivity index (χ0) is 18.9. The summed E-state index contributed by atoms with van der Waals surface area (Å²) in [5.74, 6) is -5.91. The van der Waals surface area contributed by atoms with Crippen molar-refractivity contribution in [3.05, 3.63) is 17.5 Å². The van der Waals surface area contributed by atoms with E-state index in [-0.39, 0.29) is 11.7 Å². The quantitative estimate of drug-likeness (QED) is 0.875. The van der Waals surface area contributed by atoms with Gasteiger partial charge in [-0.1, -0.05) is 13.8 Å². The lowest BCUT2D eigenvalue weighted by atomic mass is 9.96. The van der Waals surface area contributed by atoms with Crippen molar-refractivity contribution >= 4 is 11.9 Å². The third-order valence-corrected chi connectivity index (χ3v) is 4.77. The molecule has 2 atom stereocenters. The van der Waals surface area contributed by atoms with Crippen molar-refractivity contribution in [3.8, 4) is 0 Å². The first-order valence-electron chi connectivity index (χ1n) is 8.25. The Bertz CT molecular complexity index is 653. The molecular weight excluding hydrogens is 339 g/mol. The highest BCUT2D eigenvalue weighted by Gasteiger charge is 2.53. The summed E-state index contributed by atoms with van der Waals surface area (Å²) in [6, 6.07) is 1.65. The minimum atomic E-state index is -4.66. The maximum atomic E-state index is 13.1. The number of hydrogen-bond acceptors (Lipinski definition) is 3. The number of amides is 1. The fourth-order valence-corrected chi connectivity index (χ4v) is 3.31. The SMILES string of the molecule is CCC(CC)n1nc(C(=O)N2C[C@@H](C(F)(F)F)[C@H](C(=O)O)C2)cc1C. The highest BCUT2D eigenvalue weighted by Crippen LogP contribution is 2.38. The van der Waals surface area contributed by atoms with Gasteiger partial charge in [-0.3, -0.25) is 14.3 Å². The minimum Gasteiger partial charge on any atom is -0.481 e. The molecule has 140 valence electrons. The largest absolute Gasteiger partial charge is 0.481 e. The molecule has 2 rings (SSSR count). The molecule has 0 radical (unpaired) electrons. The highest BCUT2D eigenvalue weighted by atomic mass is 19.4. The monoisotopic (exact) mass is 361 g/mol. The average Bonchev–Trinajstić information content (AvgIpc) is 3.12. The van der Waals surface area contributed by atoms with Gasteiger partial charge in [0.2, 0.25) is 0 Å². The van der Waals surface area contributed by atoms with E-state index >= 15 is 0 Å². The third-order valence-electron chi connectivity index (χ3n) is 4.77. The Labute approximate surface area is 143 Å². The first-order valence-corrected chi connectivity index (χ1v) is 8.25. The number of alkyl halides is 3. The van der Waals surface area contributed by atoms with Gasteiger partial charge in [-0.05, 0) is 25.8 Å². The normalized spacial score (nSPS) is 21.2. The van der Waals surface area contributed by atoms with Crippen LogP contribution < -0.4 is 0 Å². The molecule has 1 fully saturated rings. The molecule has 0 bridgehead atoms. The van der Waals surface area contributed by atoms with Gasteiger partial charge in [-0.15, -0.1) is 0 Å². The molecule has 1 saturated heterocycles. The zero-order valence-electron chi connectivity index (χ0n) is 14.4. The first-order chi connectivity index (χ1) is 11.6. The maximum Gasteiger partial charge on any atom is 0.394 e. The Morgan fingerprint density at radius 3 is 2.36 bits per heavy atom. The molecule has 6 nitrogen and oxygen atoms in total. The Hall–Kier alpha value is -2.06. The lowest BCUT2D eigenvalue weighted by Gasteiger charge is -2.18. The van der Waals surface area contributed by atoms with E-state index < -0.39 is 43.0 Å². The van der Waals surface area contributed by atoms with Crippen LogP contribution in [-0.4, -0.2) is 50.9 Å². The maximum absolute atomic E-state index is 13.1. The van der Waals surface area contributed by atoms with Crippen molar-refractivity contribution in [1.82, 2.24) is 14.7 Å². The summed E-state index contributed by atoms with van der Waals surface area (Å²) >= 11 is 0. The predicted molar refractivity (Wildman–Crippen MR) is 83.2 cm³/mol. The Kier molecular flexibility index (Phi) is 5.43. The number of aliphatic carboxylic acids is 1. The number of carboxylic acids is 1. The van der Waals surface area contributed by atoms with Crippen molar-refractivity contribution in [1.29, 1.82) is 0 Å². The van der Waals surface area contributed by atoms with Gasteiger partial charge in [0, 0.05) is 18.8 Å². The predicted octanol–water partition coefficient (Wildman–Crippen LogP) is 2.89. The summed E-state index contributed by atoms with van der Waals surface area (Å²) in [4.78, 5) is 24.6. The molecule has 0 spiro atoms. The van der Waals surface area contributed by atoms with Crippen molar-refractivity contribution in [2.45, 2.75) is 45.8 Å². The van der Waals surface area contributed by atoms with Crippen LogP contribution in [0.5, 0.6) is 0 Å². The molecule has 1 aromatic heterocycles. The van der Waals surface area contributed by atoms with Gasteiger partial charge in [-0.25, -0.2) is 0 Å². The first kappa shape index (κ1) is 19.3. The van der Waals surface area contributed by atoms with E-state index in [4.69, 9.17) is 5.11 Å². The molecule has 0 saturated carbocycles. The van der Waals surface area contributed by atoms with Gasteiger partial charge >= 0.3 is 12.1 Å². The number of carboxylic acid groups (broad SMARTS) is 1. The molecule has 1 aromatic rings. The van der Waals surface area contributed by atoms with Crippen LogP contribution in [0.15, 0.2) is 6.07 Å². The number of carbonyl (C=O) groups is 2. The van der Waals surface area contributed by atoms with E-state index in [2.05, 4.69) is 5.10 Å². The summed E-state index contributed by atoms with van der Waals surface area (Å²) in [5.41, 5.74) is 0.801. The molecule has 9 heteroatoms. The summed E-state index contributed by atoms with van der Waals surface area (Å²) in [7, 11) is 0. The van der Waals surface area contributed by atoms with Crippen molar-refractivity contribution in [2.75, 3.05) is 13.1 Å². The highest BCUT2D eigenvalue weighted by molar-refractivity contribution is 5.93. The van der Waals surface area contributed by atoms with Crippen LogP contribution in [0.2, 0.25) is 0 Å². The second-order valence-electron chi connectivity index (χ2n) is 6.39.